The lowest BCUT2D eigenvalue weighted by Crippen LogP contribution is -2.46. The van der Waals surface area contributed by atoms with Crippen molar-refractivity contribution in [2.75, 3.05) is 13.1 Å². The smallest absolute Gasteiger partial charge is 0.114 e. The van der Waals surface area contributed by atoms with Gasteiger partial charge in [0.2, 0.25) is 0 Å². The van der Waals surface area contributed by atoms with Crippen LogP contribution in [0.3, 0.4) is 0 Å². The number of benzene rings is 1. The zero-order chi connectivity index (χ0) is 12.0. The maximum atomic E-state index is 8.90. The zero-order valence-corrected chi connectivity index (χ0v) is 9.98. The van der Waals surface area contributed by atoms with E-state index in [0.29, 0.717) is 6.54 Å². The van der Waals surface area contributed by atoms with Gasteiger partial charge in [-0.2, -0.15) is 5.26 Å². The van der Waals surface area contributed by atoms with E-state index in [0.717, 1.165) is 13.1 Å². The number of hydrogen-bond donors (Lipinski definition) is 1. The predicted molar refractivity (Wildman–Crippen MR) is 65.6 cm³/mol. The lowest BCUT2D eigenvalue weighted by molar-refractivity contribution is 0.244. The van der Waals surface area contributed by atoms with Crippen molar-refractivity contribution < 1.29 is 0 Å². The fourth-order valence-electron chi connectivity index (χ4n) is 1.62. The summed E-state index contributed by atoms with van der Waals surface area (Å²) in [7, 11) is 0. The molecular weight excluding hydrogens is 198 g/mol. The summed E-state index contributed by atoms with van der Waals surface area (Å²) in [5, 5.41) is 8.90. The number of likely N-dealkylation sites (N-methyl/N-ethyl adjacent to an activating group) is 1. The number of nitrogens with zero attached hydrogens (tertiary/aromatic N) is 2. The zero-order valence-electron chi connectivity index (χ0n) is 9.98. The second-order valence-corrected chi connectivity index (χ2v) is 4.32. The average molecular weight is 217 g/mol. The van der Waals surface area contributed by atoms with Crippen molar-refractivity contribution in [2.45, 2.75) is 25.9 Å². The molecule has 0 bridgehead atoms. The van der Waals surface area contributed by atoms with Gasteiger partial charge in [-0.15, -0.1) is 0 Å². The first-order chi connectivity index (χ1) is 7.57. The molecule has 0 aromatic heterocycles. The summed E-state index contributed by atoms with van der Waals surface area (Å²) in [6.45, 7) is 6.17. The van der Waals surface area contributed by atoms with Crippen LogP contribution in [0.5, 0.6) is 0 Å². The van der Waals surface area contributed by atoms with Crippen LogP contribution in [0.1, 0.15) is 19.4 Å². The summed E-state index contributed by atoms with van der Waals surface area (Å²) in [5.41, 5.74) is 6.32. The maximum Gasteiger partial charge on any atom is 0.114 e. The molecule has 16 heavy (non-hydrogen) atoms. The SMILES string of the molecule is CCN(Cc1ccccc1)CC(C)(N)C#N. The van der Waals surface area contributed by atoms with E-state index in [9.17, 15) is 0 Å². The highest BCUT2D eigenvalue weighted by atomic mass is 15.1. The molecule has 86 valence electrons. The Morgan fingerprint density at radius 2 is 2.00 bits per heavy atom. The van der Waals surface area contributed by atoms with Gasteiger partial charge in [0, 0.05) is 13.1 Å². The number of nitrogens with two attached hydrogens (primary N) is 1. The Balaban J connectivity index is 2.61. The summed E-state index contributed by atoms with van der Waals surface area (Å²) < 4.78 is 0. The van der Waals surface area contributed by atoms with Crippen LogP contribution >= 0.6 is 0 Å². The van der Waals surface area contributed by atoms with Gasteiger partial charge in [-0.05, 0) is 19.0 Å². The van der Waals surface area contributed by atoms with Gasteiger partial charge < -0.3 is 5.73 Å². The molecule has 0 saturated carbocycles. The van der Waals surface area contributed by atoms with E-state index in [1.807, 2.05) is 18.2 Å². The van der Waals surface area contributed by atoms with Gasteiger partial charge in [0.05, 0.1) is 6.07 Å². The topological polar surface area (TPSA) is 53.0 Å². The molecule has 0 aliphatic rings. The molecular formula is C13H19N3. The predicted octanol–water partition coefficient (Wildman–Crippen LogP) is 1.75. The number of rotatable bonds is 5. The first kappa shape index (κ1) is 12.7. The third-order valence-electron chi connectivity index (χ3n) is 2.50. The van der Waals surface area contributed by atoms with Crippen molar-refractivity contribution in [3.05, 3.63) is 35.9 Å². The van der Waals surface area contributed by atoms with Crippen molar-refractivity contribution in [1.82, 2.24) is 4.90 Å². The molecule has 2 N–H and O–H groups in total. The molecule has 1 rings (SSSR count). The molecule has 3 heteroatoms. The minimum atomic E-state index is -0.773. The van der Waals surface area contributed by atoms with Crippen LogP contribution in [0.4, 0.5) is 0 Å². The fourth-order valence-corrected chi connectivity index (χ4v) is 1.62. The molecule has 0 saturated heterocycles. The average Bonchev–Trinajstić information content (AvgIpc) is 2.29. The molecule has 0 radical (unpaired) electrons. The summed E-state index contributed by atoms with van der Waals surface area (Å²) in [6.07, 6.45) is 0. The summed E-state index contributed by atoms with van der Waals surface area (Å²) in [6, 6.07) is 12.3. The molecule has 0 amide bonds. The van der Waals surface area contributed by atoms with Crippen molar-refractivity contribution in [1.29, 1.82) is 5.26 Å². The van der Waals surface area contributed by atoms with Gasteiger partial charge in [-0.3, -0.25) is 4.90 Å². The standard InChI is InChI=1S/C13H19N3/c1-3-16(11-13(2,15)10-14)9-12-7-5-4-6-8-12/h4-8H,3,9,11,15H2,1-2H3. The fraction of sp³-hybridized carbons (Fsp3) is 0.462. The first-order valence-corrected chi connectivity index (χ1v) is 5.54. The van der Waals surface area contributed by atoms with Gasteiger partial charge in [0.1, 0.15) is 5.54 Å². The van der Waals surface area contributed by atoms with Gasteiger partial charge in [-0.25, -0.2) is 0 Å². The van der Waals surface area contributed by atoms with Crippen LogP contribution in [0.25, 0.3) is 0 Å². The van der Waals surface area contributed by atoms with Crippen LogP contribution in [-0.2, 0) is 6.54 Å². The summed E-state index contributed by atoms with van der Waals surface area (Å²) >= 11 is 0. The van der Waals surface area contributed by atoms with E-state index in [-0.39, 0.29) is 0 Å². The highest BCUT2D eigenvalue weighted by Crippen LogP contribution is 2.07. The van der Waals surface area contributed by atoms with Crippen LogP contribution < -0.4 is 5.73 Å². The molecule has 1 atom stereocenters. The van der Waals surface area contributed by atoms with E-state index in [4.69, 9.17) is 11.0 Å². The van der Waals surface area contributed by atoms with Crippen LogP contribution in [0.15, 0.2) is 30.3 Å². The third kappa shape index (κ3) is 4.01. The Morgan fingerprint density at radius 1 is 1.38 bits per heavy atom. The Bertz CT molecular complexity index is 351. The highest BCUT2D eigenvalue weighted by Gasteiger charge is 2.20. The van der Waals surface area contributed by atoms with E-state index in [1.54, 1.807) is 6.92 Å². The molecule has 0 fully saturated rings. The third-order valence-corrected chi connectivity index (χ3v) is 2.50. The summed E-state index contributed by atoms with van der Waals surface area (Å²) in [4.78, 5) is 2.18. The molecule has 3 nitrogen and oxygen atoms in total. The van der Waals surface area contributed by atoms with E-state index in [2.05, 4.69) is 30.0 Å². The normalized spacial score (nSPS) is 14.4. The molecule has 1 unspecified atom stereocenters. The van der Waals surface area contributed by atoms with E-state index < -0.39 is 5.54 Å². The Labute approximate surface area is 97.5 Å². The van der Waals surface area contributed by atoms with Crippen LogP contribution in [-0.4, -0.2) is 23.5 Å². The van der Waals surface area contributed by atoms with Crippen molar-refractivity contribution in [3.8, 4) is 6.07 Å². The van der Waals surface area contributed by atoms with Crippen molar-refractivity contribution in [2.24, 2.45) is 5.73 Å². The molecule has 1 aromatic carbocycles. The largest absolute Gasteiger partial charge is 0.313 e. The van der Waals surface area contributed by atoms with E-state index in [1.165, 1.54) is 5.56 Å². The van der Waals surface area contributed by atoms with Gasteiger partial charge in [0.25, 0.3) is 0 Å². The maximum absolute atomic E-state index is 8.90. The van der Waals surface area contributed by atoms with Crippen molar-refractivity contribution >= 4 is 0 Å². The Hall–Kier alpha value is -1.37. The Morgan fingerprint density at radius 3 is 2.50 bits per heavy atom. The van der Waals surface area contributed by atoms with Gasteiger partial charge >= 0.3 is 0 Å². The van der Waals surface area contributed by atoms with Crippen molar-refractivity contribution in [3.63, 3.8) is 0 Å². The van der Waals surface area contributed by atoms with Gasteiger partial charge in [-0.1, -0.05) is 37.3 Å². The lowest BCUT2D eigenvalue weighted by Gasteiger charge is -2.26. The number of nitriles is 1. The van der Waals surface area contributed by atoms with Crippen LogP contribution in [0, 0.1) is 11.3 Å². The minimum absolute atomic E-state index is 0.592. The monoisotopic (exact) mass is 217 g/mol. The highest BCUT2D eigenvalue weighted by molar-refractivity contribution is 5.15. The summed E-state index contributed by atoms with van der Waals surface area (Å²) in [5.74, 6) is 0. The molecule has 0 spiro atoms. The quantitative estimate of drug-likeness (QED) is 0.817. The molecule has 0 aliphatic heterocycles. The van der Waals surface area contributed by atoms with Crippen LogP contribution in [0.2, 0.25) is 0 Å². The first-order valence-electron chi connectivity index (χ1n) is 5.54. The molecule has 0 heterocycles. The minimum Gasteiger partial charge on any atom is -0.313 e. The second kappa shape index (κ2) is 5.64. The molecule has 1 aromatic rings. The molecule has 0 aliphatic carbocycles. The van der Waals surface area contributed by atoms with E-state index >= 15 is 0 Å². The number of hydrogen-bond acceptors (Lipinski definition) is 3. The Kier molecular flexibility index (Phi) is 4.48. The lowest BCUT2D eigenvalue weighted by atomic mass is 10.1. The second-order valence-electron chi connectivity index (χ2n) is 4.32. The van der Waals surface area contributed by atoms with Gasteiger partial charge in [0.15, 0.2) is 0 Å².